The normalized spacial score (nSPS) is 19.9. The molecule has 3 aromatic rings. The van der Waals surface area contributed by atoms with Crippen LogP contribution in [0, 0.1) is 6.92 Å². The number of carbonyl (C=O) groups is 2. The van der Waals surface area contributed by atoms with Gasteiger partial charge in [-0.3, -0.25) is 14.5 Å². The summed E-state index contributed by atoms with van der Waals surface area (Å²) in [5.41, 5.74) is 4.00. The van der Waals surface area contributed by atoms with Crippen molar-refractivity contribution in [3.63, 3.8) is 0 Å². The van der Waals surface area contributed by atoms with E-state index in [2.05, 4.69) is 47.5 Å². The lowest BCUT2D eigenvalue weighted by molar-refractivity contribution is -0.144. The Hall–Kier alpha value is -3.16. The number of aryl methyl sites for hydroxylation is 1. The van der Waals surface area contributed by atoms with Crippen molar-refractivity contribution in [1.29, 1.82) is 0 Å². The third kappa shape index (κ3) is 5.73. The summed E-state index contributed by atoms with van der Waals surface area (Å²) < 4.78 is 5.65. The number of para-hydroxylation sites is 1. The molecule has 2 aliphatic rings. The van der Waals surface area contributed by atoms with Crippen LogP contribution in [0.1, 0.15) is 41.0 Å². The number of amides is 2. The second-order valence-corrected chi connectivity index (χ2v) is 11.0. The van der Waals surface area contributed by atoms with E-state index in [-0.39, 0.29) is 30.5 Å². The predicted molar refractivity (Wildman–Crippen MR) is 147 cm³/mol. The first-order valence-electron chi connectivity index (χ1n) is 13.1. The van der Waals surface area contributed by atoms with Gasteiger partial charge in [-0.1, -0.05) is 42.5 Å². The first-order chi connectivity index (χ1) is 18.0. The van der Waals surface area contributed by atoms with Gasteiger partial charge in [-0.25, -0.2) is 0 Å². The third-order valence-corrected chi connectivity index (χ3v) is 8.56. The number of hydrogen-bond acceptors (Lipinski definition) is 5. The Morgan fingerprint density at radius 1 is 0.946 bits per heavy atom. The predicted octanol–water partition coefficient (Wildman–Crippen LogP) is 4.53. The molecule has 37 heavy (non-hydrogen) atoms. The molecule has 1 saturated heterocycles. The summed E-state index contributed by atoms with van der Waals surface area (Å²) in [7, 11) is 0. The largest absolute Gasteiger partial charge is 0.484 e. The average Bonchev–Trinajstić information content (AvgIpc) is 3.40. The molecular formula is C30H35N3O3S. The van der Waals surface area contributed by atoms with E-state index in [1.165, 1.54) is 21.6 Å². The maximum atomic E-state index is 13.3. The summed E-state index contributed by atoms with van der Waals surface area (Å²) >= 11 is 1.84. The molecule has 194 valence electrons. The van der Waals surface area contributed by atoms with Crippen molar-refractivity contribution in [2.45, 2.75) is 38.8 Å². The van der Waals surface area contributed by atoms with Crippen molar-refractivity contribution >= 4 is 23.2 Å². The molecule has 2 amide bonds. The molecule has 0 unspecified atom stereocenters. The van der Waals surface area contributed by atoms with Gasteiger partial charge in [0.15, 0.2) is 6.61 Å². The molecule has 2 atom stereocenters. The number of carbonyl (C=O) groups excluding carboxylic acids is 2. The zero-order valence-corrected chi connectivity index (χ0v) is 22.5. The highest BCUT2D eigenvalue weighted by atomic mass is 32.1. The number of nitrogens with zero attached hydrogens (tertiary/aromatic N) is 3. The Balaban J connectivity index is 1.17. The maximum Gasteiger partial charge on any atom is 0.260 e. The highest BCUT2D eigenvalue weighted by Gasteiger charge is 2.33. The molecule has 0 saturated carbocycles. The van der Waals surface area contributed by atoms with Gasteiger partial charge in [0.25, 0.3) is 5.91 Å². The molecule has 6 nitrogen and oxygen atoms in total. The average molecular weight is 518 g/mol. The molecule has 1 fully saturated rings. The number of hydrogen-bond donors (Lipinski definition) is 0. The standard InChI is InChI=1S/C30H35N3O3S/c1-22-8-6-7-11-25(22)30-26-14-19-37-27(26)12-15-31(30)16-13-28(34)32-17-18-33(23(2)20-32)29(35)21-36-24-9-4-3-5-10-24/h3-11,14,19,23,30H,12-13,15-18,20-21H2,1-2H3/t23-,30-/m0/s1. The van der Waals surface area contributed by atoms with Gasteiger partial charge in [0.1, 0.15) is 5.75 Å². The van der Waals surface area contributed by atoms with E-state index in [0.29, 0.717) is 31.8 Å². The molecule has 2 aromatic carbocycles. The Morgan fingerprint density at radius 3 is 2.51 bits per heavy atom. The van der Waals surface area contributed by atoms with Crippen molar-refractivity contribution in [1.82, 2.24) is 14.7 Å². The first-order valence-corrected chi connectivity index (χ1v) is 14.0. The minimum absolute atomic E-state index is 0.0160. The van der Waals surface area contributed by atoms with Crippen molar-refractivity contribution in [3.05, 3.63) is 87.6 Å². The molecule has 0 radical (unpaired) electrons. The van der Waals surface area contributed by atoms with Gasteiger partial charge in [0.05, 0.1) is 6.04 Å². The summed E-state index contributed by atoms with van der Waals surface area (Å²) in [5.74, 6) is 0.817. The number of ether oxygens (including phenoxy) is 1. The SMILES string of the molecule is Cc1ccccc1[C@H]1c2ccsc2CCN1CCC(=O)N1CCN(C(=O)COc2ccccc2)[C@@H](C)C1. The lowest BCUT2D eigenvalue weighted by Crippen LogP contribution is -2.56. The van der Waals surface area contributed by atoms with E-state index in [1.54, 1.807) is 0 Å². The summed E-state index contributed by atoms with van der Waals surface area (Å²) in [6.07, 6.45) is 1.52. The number of fused-ring (bicyclic) bond motifs is 1. The molecule has 1 aromatic heterocycles. The van der Waals surface area contributed by atoms with Crippen LogP contribution in [0.15, 0.2) is 66.0 Å². The zero-order valence-electron chi connectivity index (χ0n) is 21.6. The Morgan fingerprint density at radius 2 is 1.73 bits per heavy atom. The number of thiophene rings is 1. The van der Waals surface area contributed by atoms with E-state index in [1.807, 2.05) is 58.4 Å². The quantitative estimate of drug-likeness (QED) is 0.462. The molecule has 3 heterocycles. The van der Waals surface area contributed by atoms with Gasteiger partial charge in [-0.2, -0.15) is 0 Å². The van der Waals surface area contributed by atoms with Gasteiger partial charge in [0.2, 0.25) is 5.91 Å². The lowest BCUT2D eigenvalue weighted by atomic mass is 9.90. The van der Waals surface area contributed by atoms with Crippen LogP contribution in [0.3, 0.4) is 0 Å². The zero-order chi connectivity index (χ0) is 25.8. The molecular weight excluding hydrogens is 482 g/mol. The third-order valence-electron chi connectivity index (χ3n) is 7.57. The van der Waals surface area contributed by atoms with Crippen molar-refractivity contribution in [2.75, 3.05) is 39.3 Å². The Labute approximate surface area is 223 Å². The van der Waals surface area contributed by atoms with Gasteiger partial charge < -0.3 is 14.5 Å². The van der Waals surface area contributed by atoms with Crippen LogP contribution >= 0.6 is 11.3 Å². The number of benzene rings is 2. The van der Waals surface area contributed by atoms with Crippen LogP contribution < -0.4 is 4.74 Å². The van der Waals surface area contributed by atoms with Gasteiger partial charge in [-0.15, -0.1) is 11.3 Å². The maximum absolute atomic E-state index is 13.3. The molecule has 0 spiro atoms. The molecule has 2 aliphatic heterocycles. The van der Waals surface area contributed by atoms with Crippen molar-refractivity contribution in [3.8, 4) is 5.75 Å². The minimum atomic E-state index is -0.0376. The molecule has 0 aliphatic carbocycles. The van der Waals surface area contributed by atoms with Crippen LogP contribution in [-0.2, 0) is 16.0 Å². The van der Waals surface area contributed by atoms with Gasteiger partial charge in [-0.05, 0) is 60.5 Å². The van der Waals surface area contributed by atoms with Crippen LogP contribution in [0.5, 0.6) is 5.75 Å². The molecule has 7 heteroatoms. The van der Waals surface area contributed by atoms with Crippen molar-refractivity contribution < 1.29 is 14.3 Å². The van der Waals surface area contributed by atoms with E-state index < -0.39 is 0 Å². The van der Waals surface area contributed by atoms with E-state index in [4.69, 9.17) is 4.74 Å². The van der Waals surface area contributed by atoms with Gasteiger partial charge >= 0.3 is 0 Å². The van der Waals surface area contributed by atoms with Gasteiger partial charge in [0, 0.05) is 50.1 Å². The summed E-state index contributed by atoms with van der Waals surface area (Å²) in [6, 6.07) is 20.4. The van der Waals surface area contributed by atoms with Crippen molar-refractivity contribution in [2.24, 2.45) is 0 Å². The van der Waals surface area contributed by atoms with E-state index >= 15 is 0 Å². The fourth-order valence-electron chi connectivity index (χ4n) is 5.56. The highest BCUT2D eigenvalue weighted by Crippen LogP contribution is 2.38. The summed E-state index contributed by atoms with van der Waals surface area (Å²) in [6.45, 7) is 7.55. The molecule has 0 N–H and O–H groups in total. The molecule has 5 rings (SSSR count). The van der Waals surface area contributed by atoms with E-state index in [9.17, 15) is 9.59 Å². The number of rotatable bonds is 7. The number of piperazine rings is 1. The van der Waals surface area contributed by atoms with Crippen LogP contribution in [0.4, 0.5) is 0 Å². The smallest absolute Gasteiger partial charge is 0.260 e. The summed E-state index contributed by atoms with van der Waals surface area (Å²) in [4.78, 5) is 33.7. The first kappa shape index (κ1) is 25.5. The Kier molecular flexibility index (Phi) is 7.91. The Bertz CT molecular complexity index is 1230. The second kappa shape index (κ2) is 11.5. The second-order valence-electron chi connectivity index (χ2n) is 9.97. The topological polar surface area (TPSA) is 53.1 Å². The lowest BCUT2D eigenvalue weighted by Gasteiger charge is -2.41. The van der Waals surface area contributed by atoms with Crippen LogP contribution in [0.2, 0.25) is 0 Å². The molecule has 0 bridgehead atoms. The van der Waals surface area contributed by atoms with E-state index in [0.717, 1.165) is 19.5 Å². The highest BCUT2D eigenvalue weighted by molar-refractivity contribution is 7.10. The minimum Gasteiger partial charge on any atom is -0.484 e. The fourth-order valence-corrected chi connectivity index (χ4v) is 6.47. The summed E-state index contributed by atoms with van der Waals surface area (Å²) in [5, 5.41) is 2.19. The fraction of sp³-hybridized carbons (Fsp3) is 0.400. The van der Waals surface area contributed by atoms with Crippen LogP contribution in [0.25, 0.3) is 0 Å². The van der Waals surface area contributed by atoms with Crippen LogP contribution in [-0.4, -0.2) is 71.9 Å². The monoisotopic (exact) mass is 517 g/mol.